The van der Waals surface area contributed by atoms with Crippen LogP contribution in [0.4, 0.5) is 0 Å². The first kappa shape index (κ1) is 12.7. The van der Waals surface area contributed by atoms with Crippen molar-refractivity contribution in [3.05, 3.63) is 39.4 Å². The highest BCUT2D eigenvalue weighted by atomic mass is 16.5. The molecule has 0 saturated heterocycles. The smallest absolute Gasteiger partial charge is 0.355 e. The maximum Gasteiger partial charge on any atom is 0.355 e. The summed E-state index contributed by atoms with van der Waals surface area (Å²) in [6.45, 7) is 1.32. The highest BCUT2D eigenvalue weighted by Crippen LogP contribution is 1.91. The number of aromatic nitrogens is 5. The SMILES string of the molecule is CCOC(=O)Cn1c(=O)nc(-n2cccn2)[nH]c1=O. The Bertz CT molecular complexity index is 653. The third kappa shape index (κ3) is 2.76. The Hall–Kier alpha value is -2.71. The Labute approximate surface area is 106 Å². The summed E-state index contributed by atoms with van der Waals surface area (Å²) >= 11 is 0. The van der Waals surface area contributed by atoms with Gasteiger partial charge in [0.15, 0.2) is 0 Å². The highest BCUT2D eigenvalue weighted by Gasteiger charge is 2.11. The van der Waals surface area contributed by atoms with Crippen LogP contribution in [-0.2, 0) is 16.1 Å². The molecule has 0 aliphatic heterocycles. The van der Waals surface area contributed by atoms with Crippen molar-refractivity contribution in [1.82, 2.24) is 24.3 Å². The molecule has 19 heavy (non-hydrogen) atoms. The molecule has 0 fully saturated rings. The second kappa shape index (κ2) is 5.29. The molecule has 0 aromatic carbocycles. The molecular weight excluding hydrogens is 254 g/mol. The lowest BCUT2D eigenvalue weighted by Gasteiger charge is -2.05. The lowest BCUT2D eigenvalue weighted by atomic mass is 10.6. The van der Waals surface area contributed by atoms with Crippen LogP contribution in [0.15, 0.2) is 28.0 Å². The normalized spacial score (nSPS) is 10.4. The molecule has 100 valence electrons. The van der Waals surface area contributed by atoms with E-state index in [1.54, 1.807) is 13.0 Å². The molecule has 0 saturated carbocycles. The molecule has 2 rings (SSSR count). The topological polar surface area (TPSA) is 112 Å². The number of ether oxygens (including phenoxy) is 1. The second-order valence-electron chi connectivity index (χ2n) is 3.49. The van der Waals surface area contributed by atoms with Gasteiger partial charge in [0.2, 0.25) is 5.95 Å². The van der Waals surface area contributed by atoms with E-state index < -0.39 is 23.9 Å². The summed E-state index contributed by atoms with van der Waals surface area (Å²) in [5.74, 6) is -0.691. The van der Waals surface area contributed by atoms with Gasteiger partial charge in [-0.2, -0.15) is 10.1 Å². The van der Waals surface area contributed by atoms with Crippen LogP contribution in [-0.4, -0.2) is 36.9 Å². The predicted octanol–water partition coefficient (Wildman–Crippen LogP) is -1.32. The summed E-state index contributed by atoms with van der Waals surface area (Å²) in [6.07, 6.45) is 3.00. The zero-order chi connectivity index (χ0) is 13.8. The van der Waals surface area contributed by atoms with Crippen LogP contribution in [0.5, 0.6) is 0 Å². The molecule has 0 radical (unpaired) electrons. The van der Waals surface area contributed by atoms with Crippen molar-refractivity contribution >= 4 is 5.97 Å². The van der Waals surface area contributed by atoms with Crippen LogP contribution >= 0.6 is 0 Å². The predicted molar refractivity (Wildman–Crippen MR) is 62.9 cm³/mol. The Balaban J connectivity index is 2.36. The van der Waals surface area contributed by atoms with Crippen molar-refractivity contribution in [2.75, 3.05) is 6.61 Å². The number of hydrogen-bond acceptors (Lipinski definition) is 6. The van der Waals surface area contributed by atoms with Crippen molar-refractivity contribution in [3.63, 3.8) is 0 Å². The lowest BCUT2D eigenvalue weighted by molar-refractivity contribution is -0.143. The van der Waals surface area contributed by atoms with Gasteiger partial charge < -0.3 is 4.74 Å². The summed E-state index contributed by atoms with van der Waals surface area (Å²) in [7, 11) is 0. The van der Waals surface area contributed by atoms with Crippen LogP contribution in [0.2, 0.25) is 0 Å². The monoisotopic (exact) mass is 265 g/mol. The van der Waals surface area contributed by atoms with Gasteiger partial charge in [0, 0.05) is 12.4 Å². The van der Waals surface area contributed by atoms with E-state index in [1.165, 1.54) is 17.1 Å². The molecule has 0 unspecified atom stereocenters. The van der Waals surface area contributed by atoms with Gasteiger partial charge in [0.05, 0.1) is 6.61 Å². The third-order valence-electron chi connectivity index (χ3n) is 2.21. The minimum atomic E-state index is -0.845. The average Bonchev–Trinajstić information content (AvgIpc) is 2.87. The first-order chi connectivity index (χ1) is 9.11. The van der Waals surface area contributed by atoms with Crippen molar-refractivity contribution in [2.45, 2.75) is 13.5 Å². The molecule has 0 spiro atoms. The number of nitrogens with zero attached hydrogens (tertiary/aromatic N) is 4. The number of aromatic amines is 1. The number of H-pyrrole nitrogens is 1. The number of nitrogens with one attached hydrogen (secondary N) is 1. The molecule has 2 aromatic rings. The van der Waals surface area contributed by atoms with E-state index in [-0.39, 0.29) is 12.6 Å². The number of hydrogen-bond donors (Lipinski definition) is 1. The van der Waals surface area contributed by atoms with Crippen LogP contribution in [0.1, 0.15) is 6.92 Å². The molecule has 0 bridgehead atoms. The molecule has 2 heterocycles. The third-order valence-corrected chi connectivity index (χ3v) is 2.21. The molecule has 0 atom stereocenters. The maximum absolute atomic E-state index is 11.7. The number of carbonyl (C=O) groups excluding carboxylic acids is 1. The Morgan fingerprint density at radius 2 is 2.26 bits per heavy atom. The maximum atomic E-state index is 11.7. The van der Waals surface area contributed by atoms with Crippen molar-refractivity contribution < 1.29 is 9.53 Å². The van der Waals surface area contributed by atoms with E-state index in [1.807, 2.05) is 0 Å². The fourth-order valence-corrected chi connectivity index (χ4v) is 1.41. The first-order valence-corrected chi connectivity index (χ1v) is 5.48. The summed E-state index contributed by atoms with van der Waals surface area (Å²) < 4.78 is 6.55. The summed E-state index contributed by atoms with van der Waals surface area (Å²) in [5.41, 5.74) is -1.60. The van der Waals surface area contributed by atoms with Gasteiger partial charge in [-0.15, -0.1) is 0 Å². The van der Waals surface area contributed by atoms with E-state index >= 15 is 0 Å². The fraction of sp³-hybridized carbons (Fsp3) is 0.300. The highest BCUT2D eigenvalue weighted by molar-refractivity contribution is 5.69. The minimum Gasteiger partial charge on any atom is -0.465 e. The zero-order valence-electron chi connectivity index (χ0n) is 10.1. The first-order valence-electron chi connectivity index (χ1n) is 5.48. The van der Waals surface area contributed by atoms with E-state index in [4.69, 9.17) is 0 Å². The molecule has 0 aliphatic rings. The van der Waals surface area contributed by atoms with Crippen molar-refractivity contribution in [1.29, 1.82) is 0 Å². The van der Waals surface area contributed by atoms with Crippen molar-refractivity contribution in [2.24, 2.45) is 0 Å². The molecule has 9 heteroatoms. The molecule has 0 amide bonds. The summed E-state index contributed by atoms with van der Waals surface area (Å²) in [6, 6.07) is 1.62. The molecule has 2 aromatic heterocycles. The van der Waals surface area contributed by atoms with Gasteiger partial charge in [-0.1, -0.05) is 0 Å². The molecule has 9 nitrogen and oxygen atoms in total. The molecule has 0 aliphatic carbocycles. The van der Waals surface area contributed by atoms with E-state index in [9.17, 15) is 14.4 Å². The van der Waals surface area contributed by atoms with Gasteiger partial charge in [0.1, 0.15) is 6.54 Å². The minimum absolute atomic E-state index is 0.0138. The summed E-state index contributed by atoms with van der Waals surface area (Å²) in [4.78, 5) is 40.6. The quantitative estimate of drug-likeness (QED) is 0.686. The van der Waals surface area contributed by atoms with Gasteiger partial charge in [-0.25, -0.2) is 18.8 Å². The summed E-state index contributed by atoms with van der Waals surface area (Å²) in [5, 5.41) is 3.83. The Morgan fingerprint density at radius 3 is 2.84 bits per heavy atom. The van der Waals surface area contributed by atoms with Gasteiger partial charge in [-0.3, -0.25) is 9.78 Å². The van der Waals surface area contributed by atoms with Gasteiger partial charge >= 0.3 is 17.3 Å². The van der Waals surface area contributed by atoms with Crippen LogP contribution < -0.4 is 11.4 Å². The number of esters is 1. The fourth-order valence-electron chi connectivity index (χ4n) is 1.41. The largest absolute Gasteiger partial charge is 0.465 e. The van der Waals surface area contributed by atoms with E-state index in [0.717, 1.165) is 0 Å². The number of carbonyl (C=O) groups is 1. The Kier molecular flexibility index (Phi) is 3.55. The molecular formula is C10H11N5O4. The number of rotatable bonds is 4. The average molecular weight is 265 g/mol. The van der Waals surface area contributed by atoms with E-state index in [0.29, 0.717) is 4.57 Å². The Morgan fingerprint density at radius 1 is 1.47 bits per heavy atom. The van der Waals surface area contributed by atoms with Crippen molar-refractivity contribution in [3.8, 4) is 5.95 Å². The van der Waals surface area contributed by atoms with Crippen LogP contribution in [0.25, 0.3) is 5.95 Å². The van der Waals surface area contributed by atoms with Gasteiger partial charge in [-0.05, 0) is 13.0 Å². The van der Waals surface area contributed by atoms with Gasteiger partial charge in [0.25, 0.3) is 0 Å². The second-order valence-corrected chi connectivity index (χ2v) is 3.49. The van der Waals surface area contributed by atoms with E-state index in [2.05, 4.69) is 19.8 Å². The molecule has 1 N–H and O–H groups in total. The van der Waals surface area contributed by atoms with Crippen LogP contribution in [0, 0.1) is 0 Å². The van der Waals surface area contributed by atoms with Crippen LogP contribution in [0.3, 0.4) is 0 Å². The lowest BCUT2D eigenvalue weighted by Crippen LogP contribution is -2.40. The standard InChI is InChI=1S/C10H11N5O4/c1-2-19-7(16)6-14-9(17)12-8(13-10(14)18)15-5-3-4-11-15/h3-5H,2,6H2,1H3,(H,12,13,17,18). The zero-order valence-corrected chi connectivity index (χ0v) is 10.1.